The summed E-state index contributed by atoms with van der Waals surface area (Å²) in [5, 5.41) is 2.55. The van der Waals surface area contributed by atoms with Crippen LogP contribution in [0.15, 0.2) is 47.4 Å². The van der Waals surface area contributed by atoms with Crippen LogP contribution >= 0.6 is 0 Å². The molecule has 0 unspecified atom stereocenters. The van der Waals surface area contributed by atoms with Crippen LogP contribution in [0.1, 0.15) is 16.7 Å². The molecule has 0 aromatic heterocycles. The third-order valence-electron chi connectivity index (χ3n) is 3.44. The molecule has 0 fully saturated rings. The molecule has 2 aromatic carbocycles. The molecule has 0 aliphatic rings. The fourth-order valence-electron chi connectivity index (χ4n) is 2.52. The second kappa shape index (κ2) is 7.67. The van der Waals surface area contributed by atoms with Gasteiger partial charge in [0.2, 0.25) is 0 Å². The van der Waals surface area contributed by atoms with Crippen LogP contribution in [0, 0.1) is 13.8 Å². The standard InChI is InChI=1S/C18H23N3O3S/c1-13-9-14(2)11-16(10-13)19-18(22)20-25(23,24)17-7-5-15(6-8-17)12-21(3)4/h5-11H,12H2,1-4H3,(H2,19,20,22). The summed E-state index contributed by atoms with van der Waals surface area (Å²) in [5.41, 5.74) is 3.50. The first-order valence-corrected chi connectivity index (χ1v) is 9.30. The Labute approximate surface area is 148 Å². The second-order valence-corrected chi connectivity index (χ2v) is 8.00. The molecular formula is C18H23N3O3S. The number of nitrogens with one attached hydrogen (secondary N) is 2. The fraction of sp³-hybridized carbons (Fsp3) is 0.278. The number of nitrogens with zero attached hydrogens (tertiary/aromatic N) is 1. The summed E-state index contributed by atoms with van der Waals surface area (Å²) in [4.78, 5) is 14.1. The monoisotopic (exact) mass is 361 g/mol. The van der Waals surface area contributed by atoms with E-state index in [0.717, 1.165) is 16.7 Å². The van der Waals surface area contributed by atoms with Crippen molar-refractivity contribution in [1.29, 1.82) is 0 Å². The average Bonchev–Trinajstić information content (AvgIpc) is 2.45. The Morgan fingerprint density at radius 3 is 2.08 bits per heavy atom. The SMILES string of the molecule is Cc1cc(C)cc(NC(=O)NS(=O)(=O)c2ccc(CN(C)C)cc2)c1. The molecule has 25 heavy (non-hydrogen) atoms. The number of benzene rings is 2. The van der Waals surface area contributed by atoms with Crippen molar-refractivity contribution in [2.24, 2.45) is 0 Å². The number of carbonyl (C=O) groups is 1. The van der Waals surface area contributed by atoms with Gasteiger partial charge >= 0.3 is 6.03 Å². The lowest BCUT2D eigenvalue weighted by molar-refractivity contribution is 0.256. The fourth-order valence-corrected chi connectivity index (χ4v) is 3.43. The van der Waals surface area contributed by atoms with E-state index >= 15 is 0 Å². The zero-order chi connectivity index (χ0) is 18.6. The van der Waals surface area contributed by atoms with Crippen LogP contribution in [0.4, 0.5) is 10.5 Å². The average molecular weight is 361 g/mol. The van der Waals surface area contributed by atoms with Gasteiger partial charge in [-0.05, 0) is 68.9 Å². The molecule has 6 nitrogen and oxygen atoms in total. The summed E-state index contributed by atoms with van der Waals surface area (Å²) < 4.78 is 26.7. The van der Waals surface area contributed by atoms with Crippen molar-refractivity contribution in [3.63, 3.8) is 0 Å². The van der Waals surface area contributed by atoms with Crippen molar-refractivity contribution < 1.29 is 13.2 Å². The molecule has 0 radical (unpaired) electrons. The van der Waals surface area contributed by atoms with Crippen LogP contribution in [0.5, 0.6) is 0 Å². The molecule has 0 aliphatic carbocycles. The number of aryl methyl sites for hydroxylation is 2. The first kappa shape index (κ1) is 19.0. The largest absolute Gasteiger partial charge is 0.333 e. The molecule has 2 rings (SSSR count). The van der Waals surface area contributed by atoms with Crippen molar-refractivity contribution in [1.82, 2.24) is 9.62 Å². The van der Waals surface area contributed by atoms with Gasteiger partial charge in [-0.3, -0.25) is 0 Å². The molecule has 0 aliphatic heterocycles. The van der Waals surface area contributed by atoms with E-state index in [4.69, 9.17) is 0 Å². The number of sulfonamides is 1. The van der Waals surface area contributed by atoms with Crippen LogP contribution in [-0.4, -0.2) is 33.4 Å². The zero-order valence-electron chi connectivity index (χ0n) is 14.8. The summed E-state index contributed by atoms with van der Waals surface area (Å²) in [5.74, 6) is 0. The molecule has 2 aromatic rings. The molecule has 2 amide bonds. The summed E-state index contributed by atoms with van der Waals surface area (Å²) in [7, 11) is -0.0526. The normalized spacial score (nSPS) is 11.4. The van der Waals surface area contributed by atoms with Gasteiger partial charge in [0.15, 0.2) is 0 Å². The molecular weight excluding hydrogens is 338 g/mol. The van der Waals surface area contributed by atoms with Gasteiger partial charge in [-0.1, -0.05) is 18.2 Å². The van der Waals surface area contributed by atoms with Crippen LogP contribution in [0.3, 0.4) is 0 Å². The van der Waals surface area contributed by atoms with Gasteiger partial charge < -0.3 is 10.2 Å². The molecule has 0 heterocycles. The van der Waals surface area contributed by atoms with E-state index in [1.54, 1.807) is 24.3 Å². The lowest BCUT2D eigenvalue weighted by Gasteiger charge is -2.12. The summed E-state index contributed by atoms with van der Waals surface area (Å²) in [6.45, 7) is 4.52. The molecule has 0 spiro atoms. The number of amides is 2. The molecule has 0 atom stereocenters. The molecule has 7 heteroatoms. The Morgan fingerprint density at radius 1 is 1.00 bits per heavy atom. The third-order valence-corrected chi connectivity index (χ3v) is 4.79. The van der Waals surface area contributed by atoms with Crippen LogP contribution in [0.25, 0.3) is 0 Å². The summed E-state index contributed by atoms with van der Waals surface area (Å²) in [6.07, 6.45) is 0. The predicted molar refractivity (Wildman–Crippen MR) is 99.1 cm³/mol. The molecule has 2 N–H and O–H groups in total. The lowest BCUT2D eigenvalue weighted by Crippen LogP contribution is -2.34. The number of rotatable bonds is 5. The number of anilines is 1. The molecule has 0 saturated carbocycles. The highest BCUT2D eigenvalue weighted by Crippen LogP contribution is 2.15. The van der Waals surface area contributed by atoms with Gasteiger partial charge in [-0.25, -0.2) is 17.9 Å². The van der Waals surface area contributed by atoms with Gasteiger partial charge in [0.25, 0.3) is 10.0 Å². The zero-order valence-corrected chi connectivity index (χ0v) is 15.6. The topological polar surface area (TPSA) is 78.5 Å². The minimum atomic E-state index is -3.92. The van der Waals surface area contributed by atoms with E-state index in [9.17, 15) is 13.2 Å². The maximum atomic E-state index is 12.3. The van der Waals surface area contributed by atoms with Crippen molar-refractivity contribution >= 4 is 21.7 Å². The number of urea groups is 1. The third kappa shape index (κ3) is 5.58. The van der Waals surface area contributed by atoms with E-state index in [1.807, 2.05) is 43.6 Å². The molecule has 0 saturated heterocycles. The summed E-state index contributed by atoms with van der Waals surface area (Å²) in [6, 6.07) is 11.2. The van der Waals surface area contributed by atoms with Crippen molar-refractivity contribution in [3.05, 3.63) is 59.2 Å². The Balaban J connectivity index is 2.08. The van der Waals surface area contributed by atoms with E-state index < -0.39 is 16.1 Å². The quantitative estimate of drug-likeness (QED) is 0.858. The maximum Gasteiger partial charge on any atom is 0.333 e. The number of hydrogen-bond donors (Lipinski definition) is 2. The van der Waals surface area contributed by atoms with E-state index in [2.05, 4.69) is 5.32 Å². The van der Waals surface area contributed by atoms with E-state index in [1.165, 1.54) is 12.1 Å². The predicted octanol–water partition coefficient (Wildman–Crippen LogP) is 2.88. The number of hydrogen-bond acceptors (Lipinski definition) is 4. The van der Waals surface area contributed by atoms with Crippen molar-refractivity contribution in [2.45, 2.75) is 25.3 Å². The Hall–Kier alpha value is -2.38. The first-order chi connectivity index (χ1) is 11.7. The van der Waals surface area contributed by atoms with Crippen molar-refractivity contribution in [3.8, 4) is 0 Å². The second-order valence-electron chi connectivity index (χ2n) is 6.32. The Bertz CT molecular complexity index is 839. The van der Waals surface area contributed by atoms with E-state index in [0.29, 0.717) is 12.2 Å². The minimum Gasteiger partial charge on any atom is -0.307 e. The van der Waals surface area contributed by atoms with Gasteiger partial charge in [-0.2, -0.15) is 0 Å². The van der Waals surface area contributed by atoms with Crippen molar-refractivity contribution in [2.75, 3.05) is 19.4 Å². The summed E-state index contributed by atoms with van der Waals surface area (Å²) >= 11 is 0. The lowest BCUT2D eigenvalue weighted by atomic mass is 10.1. The minimum absolute atomic E-state index is 0.0468. The van der Waals surface area contributed by atoms with Gasteiger partial charge in [0, 0.05) is 12.2 Å². The highest BCUT2D eigenvalue weighted by Gasteiger charge is 2.17. The van der Waals surface area contributed by atoms with Gasteiger partial charge in [-0.15, -0.1) is 0 Å². The molecule has 134 valence electrons. The Morgan fingerprint density at radius 2 is 1.56 bits per heavy atom. The van der Waals surface area contributed by atoms with Crippen LogP contribution in [-0.2, 0) is 16.6 Å². The van der Waals surface area contributed by atoms with Crippen LogP contribution < -0.4 is 10.0 Å². The Kier molecular flexibility index (Phi) is 5.81. The first-order valence-electron chi connectivity index (χ1n) is 7.81. The highest BCUT2D eigenvalue weighted by atomic mass is 32.2. The smallest absolute Gasteiger partial charge is 0.307 e. The number of carbonyl (C=O) groups excluding carboxylic acids is 1. The highest BCUT2D eigenvalue weighted by molar-refractivity contribution is 7.90. The van der Waals surface area contributed by atoms with Gasteiger partial charge in [0.05, 0.1) is 4.90 Å². The van der Waals surface area contributed by atoms with Gasteiger partial charge in [0.1, 0.15) is 0 Å². The molecule has 0 bridgehead atoms. The van der Waals surface area contributed by atoms with Crippen LogP contribution in [0.2, 0.25) is 0 Å². The van der Waals surface area contributed by atoms with E-state index in [-0.39, 0.29) is 4.90 Å². The maximum absolute atomic E-state index is 12.3.